The highest BCUT2D eigenvalue weighted by atomic mass is 16.1. The van der Waals surface area contributed by atoms with Crippen molar-refractivity contribution in [2.24, 2.45) is 0 Å². The predicted octanol–water partition coefficient (Wildman–Crippen LogP) is 6.02. The van der Waals surface area contributed by atoms with E-state index in [4.69, 9.17) is 0 Å². The Morgan fingerprint density at radius 3 is 2.16 bits per heavy atom. The Labute approximate surface area is 188 Å². The van der Waals surface area contributed by atoms with Crippen molar-refractivity contribution in [2.75, 3.05) is 11.9 Å². The molecule has 0 heterocycles. The molecule has 0 radical (unpaired) electrons. The fourth-order valence-electron chi connectivity index (χ4n) is 3.67. The Morgan fingerprint density at radius 2 is 1.41 bits per heavy atom. The zero-order valence-electron chi connectivity index (χ0n) is 18.0. The van der Waals surface area contributed by atoms with E-state index >= 15 is 0 Å². The SMILES string of the molecule is C[C@H](NC(=O)c1ccc(NCCC(=O)c2ccc3ccccc3c2)cc1)c1ccccc1. The lowest BCUT2D eigenvalue weighted by Crippen LogP contribution is -2.26. The van der Waals surface area contributed by atoms with Crippen molar-refractivity contribution in [3.8, 4) is 0 Å². The number of anilines is 1. The molecule has 4 rings (SSSR count). The summed E-state index contributed by atoms with van der Waals surface area (Å²) in [6.07, 6.45) is 0.398. The minimum atomic E-state index is -0.112. The Morgan fingerprint density at radius 1 is 0.750 bits per heavy atom. The smallest absolute Gasteiger partial charge is 0.251 e. The van der Waals surface area contributed by atoms with Gasteiger partial charge in [0.25, 0.3) is 5.91 Å². The first kappa shape index (κ1) is 21.3. The molecule has 1 amide bonds. The number of amides is 1. The Bertz CT molecular complexity index is 1220. The van der Waals surface area contributed by atoms with Crippen molar-refractivity contribution in [3.05, 3.63) is 114 Å². The maximum absolute atomic E-state index is 12.5. The first-order chi connectivity index (χ1) is 15.6. The van der Waals surface area contributed by atoms with E-state index in [1.54, 1.807) is 12.1 Å². The fraction of sp³-hybridized carbons (Fsp3) is 0.143. The van der Waals surface area contributed by atoms with Gasteiger partial charge in [0, 0.05) is 29.8 Å². The molecule has 1 atom stereocenters. The maximum Gasteiger partial charge on any atom is 0.251 e. The molecule has 0 aliphatic heterocycles. The molecule has 0 aromatic heterocycles. The van der Waals surface area contributed by atoms with E-state index in [-0.39, 0.29) is 17.7 Å². The predicted molar refractivity (Wildman–Crippen MR) is 130 cm³/mol. The Kier molecular flexibility index (Phi) is 6.61. The van der Waals surface area contributed by atoms with Gasteiger partial charge in [0.05, 0.1) is 6.04 Å². The van der Waals surface area contributed by atoms with Crippen molar-refractivity contribution < 1.29 is 9.59 Å². The molecule has 0 aliphatic rings. The molecule has 4 heteroatoms. The standard InChI is InChI=1S/C28H26N2O2/c1-20(21-7-3-2-4-8-21)30-28(32)23-13-15-26(16-14-23)29-18-17-27(31)25-12-11-22-9-5-6-10-24(22)19-25/h2-16,19-20,29H,17-18H2,1H3,(H,30,32)/t20-/m0/s1. The van der Waals surface area contributed by atoms with E-state index in [9.17, 15) is 9.59 Å². The number of nitrogens with one attached hydrogen (secondary N) is 2. The fourth-order valence-corrected chi connectivity index (χ4v) is 3.67. The molecule has 0 saturated heterocycles. The first-order valence-corrected chi connectivity index (χ1v) is 10.8. The zero-order valence-corrected chi connectivity index (χ0v) is 18.0. The third kappa shape index (κ3) is 5.22. The molecule has 32 heavy (non-hydrogen) atoms. The summed E-state index contributed by atoms with van der Waals surface area (Å²) in [6, 6.07) is 31.0. The van der Waals surface area contributed by atoms with Gasteiger partial charge in [-0.3, -0.25) is 9.59 Å². The van der Waals surface area contributed by atoms with Crippen LogP contribution < -0.4 is 10.6 Å². The highest BCUT2D eigenvalue weighted by molar-refractivity contribution is 6.00. The van der Waals surface area contributed by atoms with Crippen LogP contribution in [0.2, 0.25) is 0 Å². The van der Waals surface area contributed by atoms with Crippen molar-refractivity contribution in [1.82, 2.24) is 5.32 Å². The molecular formula is C28H26N2O2. The zero-order chi connectivity index (χ0) is 22.3. The number of hydrogen-bond donors (Lipinski definition) is 2. The van der Waals surface area contributed by atoms with Gasteiger partial charge in [-0.1, -0.05) is 66.7 Å². The summed E-state index contributed by atoms with van der Waals surface area (Å²) in [5, 5.41) is 8.48. The van der Waals surface area contributed by atoms with Gasteiger partial charge in [0.15, 0.2) is 5.78 Å². The van der Waals surface area contributed by atoms with Gasteiger partial charge in [0.2, 0.25) is 0 Å². The Hall–Kier alpha value is -3.92. The summed E-state index contributed by atoms with van der Waals surface area (Å²) in [5.41, 5.74) is 3.27. The normalized spacial score (nSPS) is 11.7. The lowest BCUT2D eigenvalue weighted by molar-refractivity contribution is 0.0938. The molecule has 0 bridgehead atoms. The molecule has 0 saturated carbocycles. The minimum absolute atomic E-state index is 0.0670. The number of hydrogen-bond acceptors (Lipinski definition) is 3. The van der Waals surface area contributed by atoms with Crippen LogP contribution in [-0.2, 0) is 0 Å². The van der Waals surface area contributed by atoms with Gasteiger partial charge in [-0.15, -0.1) is 0 Å². The lowest BCUT2D eigenvalue weighted by Gasteiger charge is -2.14. The van der Waals surface area contributed by atoms with Crippen LogP contribution in [0.3, 0.4) is 0 Å². The molecule has 0 unspecified atom stereocenters. The van der Waals surface area contributed by atoms with Gasteiger partial charge in [-0.25, -0.2) is 0 Å². The van der Waals surface area contributed by atoms with Crippen LogP contribution in [0.4, 0.5) is 5.69 Å². The highest BCUT2D eigenvalue weighted by Crippen LogP contribution is 2.17. The first-order valence-electron chi connectivity index (χ1n) is 10.8. The summed E-state index contributed by atoms with van der Waals surface area (Å²) >= 11 is 0. The third-order valence-electron chi connectivity index (χ3n) is 5.55. The molecule has 2 N–H and O–H groups in total. The van der Waals surface area contributed by atoms with E-state index in [0.29, 0.717) is 18.5 Å². The molecule has 160 valence electrons. The van der Waals surface area contributed by atoms with Crippen LogP contribution >= 0.6 is 0 Å². The molecule has 0 fully saturated rings. The topological polar surface area (TPSA) is 58.2 Å². The van der Waals surface area contributed by atoms with E-state index < -0.39 is 0 Å². The second-order valence-electron chi connectivity index (χ2n) is 7.85. The summed E-state index contributed by atoms with van der Waals surface area (Å²) in [4.78, 5) is 25.1. The number of carbonyl (C=O) groups is 2. The Balaban J connectivity index is 1.28. The van der Waals surface area contributed by atoms with Gasteiger partial charge < -0.3 is 10.6 Å². The van der Waals surface area contributed by atoms with Crippen molar-refractivity contribution in [2.45, 2.75) is 19.4 Å². The second-order valence-corrected chi connectivity index (χ2v) is 7.85. The van der Waals surface area contributed by atoms with Crippen LogP contribution in [0.25, 0.3) is 10.8 Å². The van der Waals surface area contributed by atoms with Crippen LogP contribution in [-0.4, -0.2) is 18.2 Å². The van der Waals surface area contributed by atoms with Gasteiger partial charge >= 0.3 is 0 Å². The van der Waals surface area contributed by atoms with Crippen molar-refractivity contribution in [1.29, 1.82) is 0 Å². The number of ketones is 1. The van der Waals surface area contributed by atoms with E-state index in [1.165, 1.54) is 0 Å². The van der Waals surface area contributed by atoms with Crippen LogP contribution in [0.15, 0.2) is 97.1 Å². The van der Waals surface area contributed by atoms with Crippen LogP contribution in [0.5, 0.6) is 0 Å². The van der Waals surface area contributed by atoms with Gasteiger partial charge in [-0.2, -0.15) is 0 Å². The van der Waals surface area contributed by atoms with Gasteiger partial charge in [-0.05, 0) is 53.6 Å². The number of fused-ring (bicyclic) bond motifs is 1. The minimum Gasteiger partial charge on any atom is -0.385 e. The van der Waals surface area contributed by atoms with Crippen LogP contribution in [0, 0.1) is 0 Å². The lowest BCUT2D eigenvalue weighted by atomic mass is 10.0. The monoisotopic (exact) mass is 422 g/mol. The quantitative estimate of drug-likeness (QED) is 0.342. The van der Waals surface area contributed by atoms with E-state index in [1.807, 2.05) is 91.9 Å². The molecule has 4 nitrogen and oxygen atoms in total. The third-order valence-corrected chi connectivity index (χ3v) is 5.55. The molecule has 4 aromatic carbocycles. The highest BCUT2D eigenvalue weighted by Gasteiger charge is 2.11. The van der Waals surface area contributed by atoms with Crippen LogP contribution in [0.1, 0.15) is 45.7 Å². The summed E-state index contributed by atoms with van der Waals surface area (Å²) in [5.74, 6) is -0.00599. The molecular weight excluding hydrogens is 396 g/mol. The van der Waals surface area contributed by atoms with Crippen molar-refractivity contribution in [3.63, 3.8) is 0 Å². The van der Waals surface area contributed by atoms with Crippen molar-refractivity contribution >= 4 is 28.2 Å². The summed E-state index contributed by atoms with van der Waals surface area (Å²) in [6.45, 7) is 2.50. The second kappa shape index (κ2) is 9.92. The number of benzene rings is 4. The summed E-state index contributed by atoms with van der Waals surface area (Å²) < 4.78 is 0. The van der Waals surface area contributed by atoms with E-state index in [0.717, 1.165) is 27.6 Å². The number of carbonyl (C=O) groups excluding carboxylic acids is 2. The average Bonchev–Trinajstić information content (AvgIpc) is 2.84. The molecule has 0 spiro atoms. The van der Waals surface area contributed by atoms with Gasteiger partial charge in [0.1, 0.15) is 0 Å². The number of Topliss-reactive ketones (excluding diaryl/α,β-unsaturated/α-hetero) is 1. The molecule has 4 aromatic rings. The summed E-state index contributed by atoms with van der Waals surface area (Å²) in [7, 11) is 0. The number of rotatable bonds is 8. The molecule has 0 aliphatic carbocycles. The van der Waals surface area contributed by atoms with E-state index in [2.05, 4.69) is 10.6 Å². The maximum atomic E-state index is 12.5. The average molecular weight is 423 g/mol. The largest absolute Gasteiger partial charge is 0.385 e.